The van der Waals surface area contributed by atoms with Crippen molar-refractivity contribution in [3.8, 4) is 11.3 Å². The number of nitrogens with zero attached hydrogens (tertiary/aromatic N) is 5. The van der Waals surface area contributed by atoms with Crippen molar-refractivity contribution >= 4 is 5.91 Å². The zero-order valence-electron chi connectivity index (χ0n) is 18.7. The summed E-state index contributed by atoms with van der Waals surface area (Å²) in [6.07, 6.45) is 3.48. The van der Waals surface area contributed by atoms with Crippen LogP contribution in [-0.2, 0) is 17.8 Å². The average Bonchev–Trinajstić information content (AvgIpc) is 3.47. The van der Waals surface area contributed by atoms with Crippen LogP contribution in [0.5, 0.6) is 0 Å². The molecule has 1 unspecified atom stereocenters. The van der Waals surface area contributed by atoms with E-state index < -0.39 is 0 Å². The highest BCUT2D eigenvalue weighted by Gasteiger charge is 2.30. The summed E-state index contributed by atoms with van der Waals surface area (Å²) in [7, 11) is 0. The number of benzene rings is 1. The highest BCUT2D eigenvalue weighted by Crippen LogP contribution is 2.26. The van der Waals surface area contributed by atoms with E-state index in [0.717, 1.165) is 37.3 Å². The maximum atomic E-state index is 12.3. The van der Waals surface area contributed by atoms with E-state index in [2.05, 4.69) is 57.3 Å². The number of likely N-dealkylation sites (tertiary alicyclic amines) is 1. The Labute approximate surface area is 182 Å². The molecular weight excluding hydrogens is 392 g/mol. The zero-order valence-corrected chi connectivity index (χ0v) is 18.7. The van der Waals surface area contributed by atoms with Gasteiger partial charge < -0.3 is 9.42 Å². The summed E-state index contributed by atoms with van der Waals surface area (Å²) in [5, 5.41) is 11.4. The Morgan fingerprint density at radius 3 is 2.84 bits per heavy atom. The molecule has 3 heterocycles. The molecule has 0 saturated carbocycles. The molecule has 2 aromatic heterocycles. The molecule has 4 rings (SSSR count). The van der Waals surface area contributed by atoms with E-state index in [1.165, 1.54) is 16.7 Å². The van der Waals surface area contributed by atoms with Gasteiger partial charge in [0.2, 0.25) is 11.8 Å². The molecule has 1 aromatic carbocycles. The fraction of sp³-hybridized carbons (Fsp3) is 0.478. The fourth-order valence-electron chi connectivity index (χ4n) is 4.29. The molecule has 0 bridgehead atoms. The Morgan fingerprint density at radius 2 is 2.13 bits per heavy atom. The Morgan fingerprint density at radius 1 is 1.29 bits per heavy atom. The maximum absolute atomic E-state index is 12.3. The van der Waals surface area contributed by atoms with Crippen LogP contribution >= 0.6 is 0 Å². The lowest BCUT2D eigenvalue weighted by atomic mass is 10.0. The summed E-state index contributed by atoms with van der Waals surface area (Å²) in [5.74, 6) is 1.29. The van der Waals surface area contributed by atoms with Gasteiger partial charge in [-0.05, 0) is 37.5 Å². The van der Waals surface area contributed by atoms with Gasteiger partial charge in [0.1, 0.15) is 0 Å². The molecule has 8 nitrogen and oxygen atoms in total. The first-order chi connectivity index (χ1) is 14.9. The summed E-state index contributed by atoms with van der Waals surface area (Å²) in [6.45, 7) is 10.9. The van der Waals surface area contributed by atoms with E-state index in [-0.39, 0.29) is 11.9 Å². The first-order valence-electron chi connectivity index (χ1n) is 10.8. The van der Waals surface area contributed by atoms with Crippen LogP contribution < -0.4 is 0 Å². The fourth-order valence-corrected chi connectivity index (χ4v) is 4.29. The first-order valence-corrected chi connectivity index (χ1v) is 10.8. The smallest absolute Gasteiger partial charge is 0.223 e. The van der Waals surface area contributed by atoms with E-state index in [9.17, 15) is 4.79 Å². The minimum Gasteiger partial charge on any atom is -0.340 e. The number of aryl methyl sites for hydroxylation is 3. The molecule has 0 spiro atoms. The number of rotatable bonds is 7. The van der Waals surface area contributed by atoms with E-state index >= 15 is 0 Å². The van der Waals surface area contributed by atoms with Crippen molar-refractivity contribution in [3.63, 3.8) is 0 Å². The molecule has 164 valence electrons. The number of aromatic nitrogens is 4. The molecular formula is C23H30N6O2. The van der Waals surface area contributed by atoms with Gasteiger partial charge in [-0.3, -0.25) is 14.8 Å². The summed E-state index contributed by atoms with van der Waals surface area (Å²) in [4.78, 5) is 20.9. The summed E-state index contributed by atoms with van der Waals surface area (Å²) < 4.78 is 5.04. The average molecular weight is 423 g/mol. The van der Waals surface area contributed by atoms with E-state index in [4.69, 9.17) is 4.52 Å². The van der Waals surface area contributed by atoms with E-state index in [1.54, 1.807) is 13.8 Å². The Bertz CT molecular complexity index is 1060. The van der Waals surface area contributed by atoms with Crippen molar-refractivity contribution in [1.82, 2.24) is 30.1 Å². The molecule has 1 N–H and O–H groups in total. The Kier molecular flexibility index (Phi) is 6.18. The lowest BCUT2D eigenvalue weighted by molar-refractivity contribution is -0.130. The van der Waals surface area contributed by atoms with Gasteiger partial charge in [0, 0.05) is 63.6 Å². The molecule has 1 fully saturated rings. The molecule has 1 amide bonds. The van der Waals surface area contributed by atoms with Gasteiger partial charge in [0.25, 0.3) is 0 Å². The van der Waals surface area contributed by atoms with Crippen molar-refractivity contribution in [2.75, 3.05) is 19.6 Å². The second-order valence-electron chi connectivity index (χ2n) is 8.44. The minimum absolute atomic E-state index is 0.0891. The van der Waals surface area contributed by atoms with Crippen LogP contribution in [0.2, 0.25) is 0 Å². The Hall–Kier alpha value is -3.00. The Balaban J connectivity index is 1.40. The highest BCUT2D eigenvalue weighted by molar-refractivity contribution is 5.73. The molecule has 0 aliphatic carbocycles. The van der Waals surface area contributed by atoms with E-state index in [1.807, 2.05) is 11.1 Å². The largest absolute Gasteiger partial charge is 0.340 e. The maximum Gasteiger partial charge on any atom is 0.223 e. The van der Waals surface area contributed by atoms with Crippen LogP contribution in [0.3, 0.4) is 0 Å². The number of carbonyl (C=O) groups excluding carboxylic acids is 1. The summed E-state index contributed by atoms with van der Waals surface area (Å²) in [6, 6.07) is 6.69. The van der Waals surface area contributed by atoms with Crippen LogP contribution in [0.1, 0.15) is 41.8 Å². The lowest BCUT2D eigenvalue weighted by Gasteiger charge is -2.28. The summed E-state index contributed by atoms with van der Waals surface area (Å²) in [5.41, 5.74) is 5.97. The van der Waals surface area contributed by atoms with Crippen molar-refractivity contribution < 1.29 is 9.32 Å². The van der Waals surface area contributed by atoms with Crippen LogP contribution in [-0.4, -0.2) is 61.7 Å². The molecule has 0 radical (unpaired) electrons. The van der Waals surface area contributed by atoms with Gasteiger partial charge >= 0.3 is 0 Å². The standard InChI is InChI=1S/C23H30N6O2/c1-15-5-6-19(11-16(15)2)23-20(12-24-26-23)13-28-9-7-21(14-28)29(18(4)30)10-8-22-25-17(3)31-27-22/h5-6,11-12,21H,7-10,13-14H2,1-4H3,(H,24,26). The van der Waals surface area contributed by atoms with Gasteiger partial charge in [-0.2, -0.15) is 10.1 Å². The SMILES string of the molecule is CC(=O)N(CCc1noc(C)n1)C1CCN(Cc2cn[nH]c2-c2ccc(C)c(C)c2)C1. The van der Waals surface area contributed by atoms with Gasteiger partial charge in [-0.15, -0.1) is 0 Å². The number of H-pyrrole nitrogens is 1. The van der Waals surface area contributed by atoms with Crippen molar-refractivity contribution in [2.45, 2.75) is 53.1 Å². The van der Waals surface area contributed by atoms with Gasteiger partial charge in [0.05, 0.1) is 11.9 Å². The van der Waals surface area contributed by atoms with Crippen molar-refractivity contribution in [1.29, 1.82) is 0 Å². The molecule has 1 aliphatic heterocycles. The molecule has 1 atom stereocenters. The molecule has 1 aliphatic rings. The molecule has 31 heavy (non-hydrogen) atoms. The molecule has 3 aromatic rings. The lowest BCUT2D eigenvalue weighted by Crippen LogP contribution is -2.42. The second kappa shape index (κ2) is 9.01. The van der Waals surface area contributed by atoms with Crippen LogP contribution in [0.25, 0.3) is 11.3 Å². The van der Waals surface area contributed by atoms with Crippen LogP contribution in [0.15, 0.2) is 28.9 Å². The van der Waals surface area contributed by atoms with Gasteiger partial charge in [-0.1, -0.05) is 17.3 Å². The number of hydrogen-bond donors (Lipinski definition) is 1. The third-order valence-corrected chi connectivity index (χ3v) is 6.15. The van der Waals surface area contributed by atoms with Gasteiger partial charge in [0.15, 0.2) is 5.82 Å². The number of amides is 1. The topological polar surface area (TPSA) is 91.2 Å². The third kappa shape index (κ3) is 4.85. The van der Waals surface area contributed by atoms with Crippen LogP contribution in [0.4, 0.5) is 0 Å². The van der Waals surface area contributed by atoms with Crippen molar-refractivity contribution in [2.24, 2.45) is 0 Å². The third-order valence-electron chi connectivity index (χ3n) is 6.15. The van der Waals surface area contributed by atoms with Crippen molar-refractivity contribution in [3.05, 3.63) is 52.8 Å². The molecule has 8 heteroatoms. The first kappa shape index (κ1) is 21.2. The number of carbonyl (C=O) groups is 1. The summed E-state index contributed by atoms with van der Waals surface area (Å²) >= 11 is 0. The van der Waals surface area contributed by atoms with Gasteiger partial charge in [-0.25, -0.2) is 0 Å². The number of hydrogen-bond acceptors (Lipinski definition) is 6. The quantitative estimate of drug-likeness (QED) is 0.629. The predicted molar refractivity (Wildman–Crippen MR) is 117 cm³/mol. The number of nitrogens with one attached hydrogen (secondary N) is 1. The predicted octanol–water partition coefficient (Wildman–Crippen LogP) is 3.05. The minimum atomic E-state index is 0.0891. The van der Waals surface area contributed by atoms with E-state index in [0.29, 0.717) is 24.7 Å². The van der Waals surface area contributed by atoms with Crippen LogP contribution in [0, 0.1) is 20.8 Å². The normalized spacial score (nSPS) is 16.7. The zero-order chi connectivity index (χ0) is 22.0. The number of aromatic amines is 1. The monoisotopic (exact) mass is 422 g/mol. The second-order valence-corrected chi connectivity index (χ2v) is 8.44. The molecule has 1 saturated heterocycles. The highest BCUT2D eigenvalue weighted by atomic mass is 16.5.